The molecule has 5 fully saturated rings. The number of amides is 5. The Kier molecular flexibility index (Phi) is 27.4. The molecule has 15 rings (SSSR count). The van der Waals surface area contributed by atoms with Crippen LogP contribution in [0.2, 0.25) is 0 Å². The maximum atomic E-state index is 13.8. The summed E-state index contributed by atoms with van der Waals surface area (Å²) in [6.45, 7) is 1.83. The zero-order valence-electron chi connectivity index (χ0n) is 63.5. The standard InChI is InChI=1S/C30H30FN3O5.C24H21FN2O6.C23H24FN3O5.C7H15NO.CH3/c31-22-11-9-20(10-12-22)15-32-28(36)23-16-33-17-24-34(19-30(39-24)13-5-2-6-14-30)29(37)25(33)27(26(23)35)38-18-21-7-3-1-4-8-21;1-32-24(31)20-22(33-15-17-5-3-2-4-6-17)21(29)19(14-27(20)11-12-28)23(30)26-13-16-7-9-18(25)10-8-16;24-15-6-4-14(5-7-15)10-25-21(30)16-11-26-12-17-27(22(31)18(26)20(29)19(16)28)13-23(32-17)8-2-1-3-9-23;8-6-7(9)4-2-1-3-5-7;/h1,3-4,7-12,16,24H,2,5-6,13-15,17-19H2,(H,32,36);2-10,12,14H,11,13,15H2,1H3,(H,26,30);4-7,11,17,29H,1-3,8-10,12-13H2,(H,25,30);9H,1-6,8H2;1H3/q;;;;-1. The summed E-state index contributed by atoms with van der Waals surface area (Å²) in [6.07, 6.45) is 18.8. The largest absolute Gasteiger partial charge is 0.503 e. The lowest BCUT2D eigenvalue weighted by Crippen LogP contribution is -2.47. The number of aliphatic hydroxyl groups is 1. The molecule has 3 aliphatic carbocycles. The van der Waals surface area contributed by atoms with Crippen LogP contribution in [0.1, 0.15) is 187 Å². The van der Waals surface area contributed by atoms with Gasteiger partial charge in [-0.05, 0) is 103 Å². The van der Waals surface area contributed by atoms with E-state index in [0.717, 1.165) is 119 Å². The zero-order valence-corrected chi connectivity index (χ0v) is 63.5. The van der Waals surface area contributed by atoms with Crippen molar-refractivity contribution >= 4 is 41.8 Å². The van der Waals surface area contributed by atoms with E-state index in [9.17, 15) is 71.3 Å². The molecule has 8 aromatic rings. The summed E-state index contributed by atoms with van der Waals surface area (Å²) in [4.78, 5) is 132. The van der Waals surface area contributed by atoms with Crippen LogP contribution in [0.3, 0.4) is 0 Å². The number of methoxy groups -OCH3 is 1. The van der Waals surface area contributed by atoms with Gasteiger partial charge in [0.15, 0.2) is 46.8 Å². The van der Waals surface area contributed by atoms with Gasteiger partial charge in [0.05, 0.1) is 56.6 Å². The maximum Gasteiger partial charge on any atom is 0.358 e. The third-order valence-electron chi connectivity index (χ3n) is 21.4. The van der Waals surface area contributed by atoms with Crippen LogP contribution in [-0.4, -0.2) is 132 Å². The van der Waals surface area contributed by atoms with Crippen molar-refractivity contribution in [2.45, 2.75) is 178 Å². The van der Waals surface area contributed by atoms with Crippen LogP contribution in [-0.2, 0) is 71.5 Å². The van der Waals surface area contributed by atoms with Crippen molar-refractivity contribution < 1.29 is 80.6 Å². The zero-order chi connectivity index (χ0) is 80.0. The van der Waals surface area contributed by atoms with E-state index in [-0.39, 0.29) is 122 Å². The number of rotatable bonds is 19. The molecule has 5 aromatic carbocycles. The Morgan fingerprint density at radius 1 is 0.518 bits per heavy atom. The molecule has 2 unspecified atom stereocenters. The molecule has 0 radical (unpaired) electrons. The number of hydrogen-bond acceptors (Lipinski definition) is 18. The van der Waals surface area contributed by atoms with Crippen molar-refractivity contribution in [3.8, 4) is 17.2 Å². The second-order valence-electron chi connectivity index (χ2n) is 29.2. The topological polar surface area (TPSA) is 341 Å². The van der Waals surface area contributed by atoms with E-state index in [1.54, 1.807) is 50.8 Å². The number of carbonyl (C=O) groups excluding carboxylic acids is 7. The van der Waals surface area contributed by atoms with Crippen molar-refractivity contribution in [2.75, 3.05) is 26.7 Å². The van der Waals surface area contributed by atoms with Gasteiger partial charge in [-0.3, -0.25) is 38.4 Å². The predicted molar refractivity (Wildman–Crippen MR) is 412 cm³/mol. The minimum atomic E-state index is -0.896. The molecule has 7 heterocycles. The minimum absolute atomic E-state index is 0. The maximum absolute atomic E-state index is 13.8. The van der Waals surface area contributed by atoms with E-state index in [0.29, 0.717) is 49.2 Å². The molecule has 7 N–H and O–H groups in total. The second kappa shape index (κ2) is 37.4. The molecular formula is C85H93F3N9O17-. The summed E-state index contributed by atoms with van der Waals surface area (Å²) in [5.41, 5.74) is 4.33. The molecule has 4 aliphatic heterocycles. The van der Waals surface area contributed by atoms with Gasteiger partial charge in [-0.2, -0.15) is 0 Å². The number of benzene rings is 5. The molecule has 114 heavy (non-hydrogen) atoms. The van der Waals surface area contributed by atoms with Crippen molar-refractivity contribution in [1.29, 1.82) is 0 Å². The van der Waals surface area contributed by atoms with E-state index in [4.69, 9.17) is 29.4 Å². The van der Waals surface area contributed by atoms with Crippen LogP contribution in [0.5, 0.6) is 17.2 Å². The molecule has 3 aromatic heterocycles. The van der Waals surface area contributed by atoms with Gasteiger partial charge in [0, 0.05) is 44.8 Å². The van der Waals surface area contributed by atoms with Gasteiger partial charge in [-0.15, -0.1) is 0 Å². The van der Waals surface area contributed by atoms with Gasteiger partial charge in [0.2, 0.25) is 16.3 Å². The first-order valence-electron chi connectivity index (χ1n) is 37.8. The van der Waals surface area contributed by atoms with Crippen LogP contribution >= 0.6 is 0 Å². The second-order valence-corrected chi connectivity index (χ2v) is 29.2. The summed E-state index contributed by atoms with van der Waals surface area (Å²) in [7, 11) is 1.13. The number of fused-ring (bicyclic) bond motifs is 4. The number of pyridine rings is 3. The Morgan fingerprint density at radius 2 is 0.895 bits per heavy atom. The fourth-order valence-corrected chi connectivity index (χ4v) is 15.3. The lowest BCUT2D eigenvalue weighted by atomic mass is 9.85. The van der Waals surface area contributed by atoms with Crippen LogP contribution in [0.25, 0.3) is 0 Å². The van der Waals surface area contributed by atoms with Crippen LogP contribution in [0, 0.1) is 24.9 Å². The smallest absolute Gasteiger partial charge is 0.358 e. The van der Waals surface area contributed by atoms with Gasteiger partial charge >= 0.3 is 5.97 Å². The summed E-state index contributed by atoms with van der Waals surface area (Å²) < 4.78 is 72.8. The predicted octanol–water partition coefficient (Wildman–Crippen LogP) is 9.72. The molecule has 2 atom stereocenters. The molecule has 29 heteroatoms. The average molecular weight is 1570 g/mol. The first-order valence-corrected chi connectivity index (χ1v) is 37.8. The van der Waals surface area contributed by atoms with Gasteiger partial charge < -0.3 is 91.3 Å². The van der Waals surface area contributed by atoms with Gasteiger partial charge in [-0.1, -0.05) is 155 Å². The van der Waals surface area contributed by atoms with E-state index >= 15 is 0 Å². The number of ether oxygens (including phenoxy) is 5. The molecule has 2 saturated heterocycles. The van der Waals surface area contributed by atoms with E-state index in [1.807, 2.05) is 36.4 Å². The number of nitrogens with zero attached hydrogens (tertiary/aromatic N) is 5. The quantitative estimate of drug-likeness (QED) is 0.0249. The van der Waals surface area contributed by atoms with Crippen molar-refractivity contribution in [2.24, 2.45) is 5.73 Å². The highest BCUT2D eigenvalue weighted by atomic mass is 19.1. The average Bonchev–Trinajstić information content (AvgIpc) is 1.52. The number of carbonyl (C=O) groups is 7. The van der Waals surface area contributed by atoms with Gasteiger partial charge in [0.25, 0.3) is 29.5 Å². The van der Waals surface area contributed by atoms with Gasteiger partial charge in [0.1, 0.15) is 53.6 Å². The summed E-state index contributed by atoms with van der Waals surface area (Å²) in [5, 5.41) is 28.0. The third-order valence-corrected chi connectivity index (χ3v) is 21.4. The summed E-state index contributed by atoms with van der Waals surface area (Å²) in [6, 6.07) is 35.1. The lowest BCUT2D eigenvalue weighted by Gasteiger charge is -2.32. The number of aromatic hydroxyl groups is 1. The van der Waals surface area contributed by atoms with Gasteiger partial charge in [-0.25, -0.2) is 18.0 Å². The van der Waals surface area contributed by atoms with Crippen LogP contribution < -0.4 is 47.4 Å². The molecule has 26 nitrogen and oxygen atoms in total. The van der Waals surface area contributed by atoms with Crippen molar-refractivity contribution in [1.82, 2.24) is 39.5 Å². The normalized spacial score (nSPS) is 17.7. The highest BCUT2D eigenvalue weighted by Gasteiger charge is 2.52. The van der Waals surface area contributed by atoms with Crippen molar-refractivity contribution in [3.05, 3.63) is 269 Å². The number of aromatic nitrogens is 3. The van der Waals surface area contributed by atoms with E-state index < -0.39 is 81.3 Å². The highest BCUT2D eigenvalue weighted by Crippen LogP contribution is 2.44. The minimum Gasteiger partial charge on any atom is -0.503 e. The molecule has 0 bridgehead atoms. The molecule has 3 saturated carbocycles. The molecule has 602 valence electrons. The monoisotopic (exact) mass is 1570 g/mol. The Balaban J connectivity index is 0.000000159. The number of hydrogen-bond donors (Lipinski definition) is 6. The summed E-state index contributed by atoms with van der Waals surface area (Å²) in [5.74, 6) is -6.16. The SMILES string of the molecule is COC(=O)c1c(OCc2ccccc2)c(=O)c(C(=O)NCc2ccc(F)cc2)cn1CC=O.NCC1(O)CCCCC1.O=C(NCc1ccc(F)cc1)c1cn2c(c(O)c1=O)C(=O)N1CC3(CCCCC3)OC1C2.O=C(NCc1ccc(F)cc1)c1cn2c(c(OCc3ccccc3)c1=O)C(=O)N1CC3(CCCCC3)OC1C2.[CH3-]. The van der Waals surface area contributed by atoms with Crippen LogP contribution in [0.15, 0.2) is 166 Å². The van der Waals surface area contributed by atoms with E-state index in [1.165, 1.54) is 84.0 Å². The Labute approximate surface area is 655 Å². The third kappa shape index (κ3) is 19.6. The summed E-state index contributed by atoms with van der Waals surface area (Å²) >= 11 is 0. The molecule has 7 aliphatic rings. The Morgan fingerprint density at radius 3 is 1.30 bits per heavy atom. The Bertz CT molecular complexity index is 4970. The molecular weight excluding hydrogens is 1480 g/mol. The lowest BCUT2D eigenvalue weighted by molar-refractivity contribution is -0.108. The first-order chi connectivity index (χ1) is 54.5. The number of nitrogens with one attached hydrogen (secondary N) is 3. The van der Waals surface area contributed by atoms with E-state index in [2.05, 4.69) is 16.0 Å². The molecule has 5 amide bonds. The fraction of sp³-hybridized carbons (Fsp3) is 0.376. The molecule has 2 spiro atoms. The Hall–Kier alpha value is -11.5. The highest BCUT2D eigenvalue weighted by molar-refractivity contribution is 6.01. The first kappa shape index (κ1) is 83.4. The van der Waals surface area contributed by atoms with Crippen molar-refractivity contribution in [3.63, 3.8) is 0 Å². The number of aldehydes is 1. The number of halogens is 3. The van der Waals surface area contributed by atoms with Crippen LogP contribution in [0.4, 0.5) is 13.2 Å². The number of nitrogens with two attached hydrogens (primary N) is 1. The fourth-order valence-electron chi connectivity index (χ4n) is 15.3. The number of esters is 1.